The van der Waals surface area contributed by atoms with E-state index in [0.717, 1.165) is 25.9 Å². The van der Waals surface area contributed by atoms with Crippen LogP contribution in [0.2, 0.25) is 0 Å². The minimum Gasteiger partial charge on any atom is -0.315 e. The number of nitriles is 1. The summed E-state index contributed by atoms with van der Waals surface area (Å²) in [5.41, 5.74) is -0.160. The molecule has 1 aliphatic carbocycles. The Bertz CT molecular complexity index is 262. The second-order valence-electron chi connectivity index (χ2n) is 5.87. The Morgan fingerprint density at radius 1 is 1.35 bits per heavy atom. The van der Waals surface area contributed by atoms with Gasteiger partial charge < -0.3 is 5.32 Å². The number of thioether (sulfide) groups is 1. The number of hydrogen-bond donors (Lipinski definition) is 1. The van der Waals surface area contributed by atoms with Gasteiger partial charge in [-0.3, -0.25) is 0 Å². The van der Waals surface area contributed by atoms with E-state index in [1.165, 1.54) is 25.7 Å². The molecule has 0 aromatic heterocycles. The summed E-state index contributed by atoms with van der Waals surface area (Å²) in [6, 6.07) is 2.36. The zero-order valence-corrected chi connectivity index (χ0v) is 12.3. The number of hydrogen-bond acceptors (Lipinski definition) is 3. The average molecular weight is 254 g/mol. The Kier molecular flexibility index (Phi) is 5.82. The van der Waals surface area contributed by atoms with Crippen molar-refractivity contribution < 1.29 is 0 Å². The molecule has 1 saturated carbocycles. The van der Waals surface area contributed by atoms with Crippen LogP contribution in [-0.2, 0) is 0 Å². The molecule has 0 spiro atoms. The normalized spacial score (nSPS) is 19.2. The topological polar surface area (TPSA) is 35.8 Å². The van der Waals surface area contributed by atoms with Crippen LogP contribution in [0, 0.1) is 16.7 Å². The molecule has 0 unspecified atom stereocenters. The molecule has 1 fully saturated rings. The van der Waals surface area contributed by atoms with E-state index in [9.17, 15) is 0 Å². The van der Waals surface area contributed by atoms with Crippen molar-refractivity contribution in [2.24, 2.45) is 5.41 Å². The Morgan fingerprint density at radius 3 is 2.53 bits per heavy atom. The highest BCUT2D eigenvalue weighted by molar-refractivity contribution is 8.00. The Balaban J connectivity index is 2.14. The lowest BCUT2D eigenvalue weighted by Crippen LogP contribution is -2.35. The monoisotopic (exact) mass is 254 g/mol. The second kappa shape index (κ2) is 6.66. The standard InChI is InChI=1S/C14H26N2S/c1-13(2,11-15)7-6-10-16-12-14(17-3)8-4-5-9-14/h16H,4-10,12H2,1-3H3. The summed E-state index contributed by atoms with van der Waals surface area (Å²) < 4.78 is 0.505. The Labute approximate surface area is 111 Å². The second-order valence-corrected chi connectivity index (χ2v) is 7.14. The van der Waals surface area contributed by atoms with Gasteiger partial charge in [0.15, 0.2) is 0 Å². The average Bonchev–Trinajstić information content (AvgIpc) is 2.78. The zero-order valence-electron chi connectivity index (χ0n) is 11.5. The molecule has 0 radical (unpaired) electrons. The van der Waals surface area contributed by atoms with Crippen LogP contribution in [0.1, 0.15) is 52.4 Å². The van der Waals surface area contributed by atoms with Crippen molar-refractivity contribution >= 4 is 11.8 Å². The first kappa shape index (κ1) is 14.9. The predicted molar refractivity (Wildman–Crippen MR) is 76.2 cm³/mol. The third-order valence-corrected chi connectivity index (χ3v) is 5.27. The van der Waals surface area contributed by atoms with Crippen LogP contribution in [0.5, 0.6) is 0 Å². The molecular formula is C14H26N2S. The molecule has 0 aromatic rings. The molecule has 0 heterocycles. The van der Waals surface area contributed by atoms with Crippen molar-refractivity contribution in [1.29, 1.82) is 5.26 Å². The molecule has 98 valence electrons. The fourth-order valence-electron chi connectivity index (χ4n) is 2.50. The van der Waals surface area contributed by atoms with Crippen molar-refractivity contribution in [3.8, 4) is 6.07 Å². The molecule has 0 bridgehead atoms. The molecule has 17 heavy (non-hydrogen) atoms. The van der Waals surface area contributed by atoms with Gasteiger partial charge in [-0.05, 0) is 52.3 Å². The maximum atomic E-state index is 8.93. The highest BCUT2D eigenvalue weighted by Gasteiger charge is 2.32. The van der Waals surface area contributed by atoms with E-state index in [2.05, 4.69) is 17.6 Å². The van der Waals surface area contributed by atoms with Crippen molar-refractivity contribution in [2.45, 2.75) is 57.1 Å². The van der Waals surface area contributed by atoms with E-state index in [0.29, 0.717) is 4.75 Å². The quantitative estimate of drug-likeness (QED) is 0.705. The molecule has 0 amide bonds. The van der Waals surface area contributed by atoms with Crippen molar-refractivity contribution in [3.05, 3.63) is 0 Å². The molecule has 0 aliphatic heterocycles. The zero-order chi connectivity index (χ0) is 12.8. The van der Waals surface area contributed by atoms with Gasteiger partial charge in [-0.2, -0.15) is 17.0 Å². The summed E-state index contributed by atoms with van der Waals surface area (Å²) in [5, 5.41) is 12.5. The lowest BCUT2D eigenvalue weighted by Gasteiger charge is -2.27. The summed E-state index contributed by atoms with van der Waals surface area (Å²) in [6.45, 7) is 6.23. The molecule has 0 saturated heterocycles. The first-order valence-electron chi connectivity index (χ1n) is 6.71. The van der Waals surface area contributed by atoms with Crippen LogP contribution in [0.4, 0.5) is 0 Å². The number of rotatable bonds is 7. The summed E-state index contributed by atoms with van der Waals surface area (Å²) in [7, 11) is 0. The van der Waals surface area contributed by atoms with Crippen LogP contribution in [-0.4, -0.2) is 24.1 Å². The van der Waals surface area contributed by atoms with Crippen LogP contribution in [0.25, 0.3) is 0 Å². The van der Waals surface area contributed by atoms with Gasteiger partial charge in [-0.15, -0.1) is 0 Å². The first-order valence-corrected chi connectivity index (χ1v) is 7.93. The van der Waals surface area contributed by atoms with E-state index >= 15 is 0 Å². The third kappa shape index (κ3) is 4.89. The molecule has 1 rings (SSSR count). The van der Waals surface area contributed by atoms with Crippen LogP contribution < -0.4 is 5.32 Å². The van der Waals surface area contributed by atoms with Crippen LogP contribution >= 0.6 is 11.8 Å². The van der Waals surface area contributed by atoms with Gasteiger partial charge in [0, 0.05) is 11.3 Å². The third-order valence-electron chi connectivity index (χ3n) is 3.85. The van der Waals surface area contributed by atoms with E-state index in [1.807, 2.05) is 25.6 Å². The summed E-state index contributed by atoms with van der Waals surface area (Å²) in [6.07, 6.45) is 9.85. The molecule has 1 aliphatic rings. The molecule has 0 atom stereocenters. The van der Waals surface area contributed by atoms with Crippen LogP contribution in [0.3, 0.4) is 0 Å². The predicted octanol–water partition coefficient (Wildman–Crippen LogP) is 3.58. The smallest absolute Gasteiger partial charge is 0.0683 e. The van der Waals surface area contributed by atoms with Gasteiger partial charge in [0.1, 0.15) is 0 Å². The molecular weight excluding hydrogens is 228 g/mol. The maximum Gasteiger partial charge on any atom is 0.0683 e. The van der Waals surface area contributed by atoms with Gasteiger partial charge >= 0.3 is 0 Å². The number of nitrogens with one attached hydrogen (secondary N) is 1. The van der Waals surface area contributed by atoms with Crippen molar-refractivity contribution in [3.63, 3.8) is 0 Å². The molecule has 2 nitrogen and oxygen atoms in total. The van der Waals surface area contributed by atoms with Crippen molar-refractivity contribution in [2.75, 3.05) is 19.3 Å². The highest BCUT2D eigenvalue weighted by Crippen LogP contribution is 2.39. The maximum absolute atomic E-state index is 8.93. The van der Waals surface area contributed by atoms with Crippen molar-refractivity contribution in [1.82, 2.24) is 5.32 Å². The summed E-state index contributed by atoms with van der Waals surface area (Å²) >= 11 is 2.03. The van der Waals surface area contributed by atoms with Gasteiger partial charge in [0.2, 0.25) is 0 Å². The Morgan fingerprint density at radius 2 is 2.00 bits per heavy atom. The number of nitrogens with zero attached hydrogens (tertiary/aromatic N) is 1. The fourth-order valence-corrected chi connectivity index (χ4v) is 3.44. The van der Waals surface area contributed by atoms with E-state index in [-0.39, 0.29) is 5.41 Å². The summed E-state index contributed by atoms with van der Waals surface area (Å²) in [5.74, 6) is 0. The minimum absolute atomic E-state index is 0.160. The highest BCUT2D eigenvalue weighted by atomic mass is 32.2. The lowest BCUT2D eigenvalue weighted by molar-refractivity contribution is 0.419. The molecule has 0 aromatic carbocycles. The first-order chi connectivity index (χ1) is 8.04. The van der Waals surface area contributed by atoms with E-state index in [1.54, 1.807) is 0 Å². The summed E-state index contributed by atoms with van der Waals surface area (Å²) in [4.78, 5) is 0. The molecule has 1 N–H and O–H groups in total. The van der Waals surface area contributed by atoms with Gasteiger partial charge in [-0.1, -0.05) is 12.8 Å². The minimum atomic E-state index is -0.160. The van der Waals surface area contributed by atoms with Gasteiger partial charge in [-0.25, -0.2) is 0 Å². The van der Waals surface area contributed by atoms with E-state index < -0.39 is 0 Å². The van der Waals surface area contributed by atoms with Gasteiger partial charge in [0.05, 0.1) is 11.5 Å². The fraction of sp³-hybridized carbons (Fsp3) is 0.929. The molecule has 3 heteroatoms. The Hall–Kier alpha value is -0.200. The van der Waals surface area contributed by atoms with Crippen LogP contribution in [0.15, 0.2) is 0 Å². The SMILES string of the molecule is CSC1(CNCCCC(C)(C)C#N)CCCC1. The lowest BCUT2D eigenvalue weighted by atomic mass is 9.90. The van der Waals surface area contributed by atoms with E-state index in [4.69, 9.17) is 5.26 Å². The largest absolute Gasteiger partial charge is 0.315 e. The van der Waals surface area contributed by atoms with Gasteiger partial charge in [0.25, 0.3) is 0 Å².